The minimum absolute atomic E-state index is 0.0799. The van der Waals surface area contributed by atoms with Crippen molar-refractivity contribution in [2.75, 3.05) is 5.32 Å². The van der Waals surface area contributed by atoms with Crippen LogP contribution in [0.25, 0.3) is 0 Å². The molecule has 0 bridgehead atoms. The van der Waals surface area contributed by atoms with Crippen LogP contribution in [0.3, 0.4) is 0 Å². The molecule has 1 aliphatic rings. The van der Waals surface area contributed by atoms with E-state index in [1.807, 2.05) is 0 Å². The Morgan fingerprint density at radius 3 is 2.48 bits per heavy atom. The van der Waals surface area contributed by atoms with Gasteiger partial charge in [-0.15, -0.1) is 0 Å². The number of carbonyl (C=O) groups excluding carboxylic acids is 1. The molecule has 0 saturated heterocycles. The smallest absolute Gasteiger partial charge is 0.362 e. The van der Waals surface area contributed by atoms with Gasteiger partial charge in [0.05, 0.1) is 10.5 Å². The number of halogens is 5. The predicted octanol–water partition coefficient (Wildman–Crippen LogP) is 5.38. The first-order valence-corrected chi connectivity index (χ1v) is 10.2. The first-order valence-electron chi connectivity index (χ1n) is 9.43. The van der Waals surface area contributed by atoms with Gasteiger partial charge >= 0.3 is 6.18 Å². The van der Waals surface area contributed by atoms with Gasteiger partial charge in [-0.25, -0.2) is 9.07 Å². The first-order chi connectivity index (χ1) is 14.7. The van der Waals surface area contributed by atoms with Crippen LogP contribution in [0.5, 0.6) is 0 Å². The lowest BCUT2D eigenvalue weighted by atomic mass is 9.97. The largest absolute Gasteiger partial charge is 0.410 e. The van der Waals surface area contributed by atoms with E-state index < -0.39 is 30.0 Å². The summed E-state index contributed by atoms with van der Waals surface area (Å²) in [5.74, 6) is -0.955. The third-order valence-electron chi connectivity index (χ3n) is 5.08. The van der Waals surface area contributed by atoms with E-state index in [2.05, 4.69) is 31.7 Å². The van der Waals surface area contributed by atoms with Crippen LogP contribution in [0.4, 0.5) is 23.4 Å². The fourth-order valence-corrected chi connectivity index (χ4v) is 4.06. The van der Waals surface area contributed by atoms with E-state index in [0.29, 0.717) is 11.1 Å². The van der Waals surface area contributed by atoms with Crippen molar-refractivity contribution in [3.05, 3.63) is 81.7 Å². The molecule has 10 heteroatoms. The monoisotopic (exact) mass is 496 g/mol. The summed E-state index contributed by atoms with van der Waals surface area (Å²) >= 11 is 3.24. The second-order valence-electron chi connectivity index (χ2n) is 7.17. The van der Waals surface area contributed by atoms with Gasteiger partial charge in [-0.1, -0.05) is 42.5 Å². The number of anilines is 1. The summed E-state index contributed by atoms with van der Waals surface area (Å²) in [5.41, 5.74) is 1.19. The number of amides is 1. The normalized spacial score (nSPS) is 18.2. The van der Waals surface area contributed by atoms with Gasteiger partial charge in [0.25, 0.3) is 5.91 Å². The molecule has 4 rings (SSSR count). The molecule has 1 aliphatic heterocycles. The molecule has 1 amide bonds. The molecule has 0 saturated carbocycles. The highest BCUT2D eigenvalue weighted by atomic mass is 79.9. The third-order valence-corrected chi connectivity index (χ3v) is 5.83. The molecular formula is C21H17BrF4N4O. The average molecular weight is 497 g/mol. The first kappa shape index (κ1) is 21.4. The van der Waals surface area contributed by atoms with Gasteiger partial charge in [-0.2, -0.15) is 18.3 Å². The molecule has 2 N–H and O–H groups in total. The number of fused-ring (bicyclic) bond motifs is 1. The zero-order valence-electron chi connectivity index (χ0n) is 16.0. The van der Waals surface area contributed by atoms with Crippen molar-refractivity contribution in [1.29, 1.82) is 0 Å². The van der Waals surface area contributed by atoms with Gasteiger partial charge in [0.2, 0.25) is 0 Å². The van der Waals surface area contributed by atoms with Gasteiger partial charge < -0.3 is 10.6 Å². The molecule has 3 aromatic rings. The number of aromatic nitrogens is 2. The molecule has 0 spiro atoms. The van der Waals surface area contributed by atoms with Crippen LogP contribution >= 0.6 is 15.9 Å². The molecule has 2 aromatic carbocycles. The van der Waals surface area contributed by atoms with E-state index in [9.17, 15) is 22.4 Å². The van der Waals surface area contributed by atoms with Crippen molar-refractivity contribution >= 4 is 27.7 Å². The fourth-order valence-electron chi connectivity index (χ4n) is 3.51. The van der Waals surface area contributed by atoms with Crippen LogP contribution in [0, 0.1) is 5.82 Å². The van der Waals surface area contributed by atoms with Gasteiger partial charge in [0, 0.05) is 13.0 Å². The Bertz CT molecular complexity index is 1080. The van der Waals surface area contributed by atoms with E-state index in [1.165, 1.54) is 24.3 Å². The molecule has 5 nitrogen and oxygen atoms in total. The fraction of sp³-hybridized carbons (Fsp3) is 0.238. The van der Waals surface area contributed by atoms with Crippen LogP contribution in [0.1, 0.15) is 40.1 Å². The summed E-state index contributed by atoms with van der Waals surface area (Å²) in [6, 6.07) is 11.9. The van der Waals surface area contributed by atoms with Crippen molar-refractivity contribution in [2.24, 2.45) is 0 Å². The van der Waals surface area contributed by atoms with Crippen LogP contribution in [-0.4, -0.2) is 21.9 Å². The average Bonchev–Trinajstić information content (AvgIpc) is 3.09. The summed E-state index contributed by atoms with van der Waals surface area (Å²) in [6.45, 7) is 0.0799. The summed E-state index contributed by atoms with van der Waals surface area (Å²) in [6.07, 6.45) is -4.80. The molecule has 2 unspecified atom stereocenters. The van der Waals surface area contributed by atoms with Crippen molar-refractivity contribution < 1.29 is 22.4 Å². The Balaban J connectivity index is 1.62. The molecule has 0 radical (unpaired) electrons. The zero-order chi connectivity index (χ0) is 22.2. The van der Waals surface area contributed by atoms with Crippen LogP contribution in [0.2, 0.25) is 0 Å². The highest BCUT2D eigenvalue weighted by Crippen LogP contribution is 2.46. The highest BCUT2D eigenvalue weighted by molar-refractivity contribution is 9.10. The standard InChI is InChI=1S/C21H17BrF4N4O/c22-17-18(20(31)27-11-12-6-8-14(23)9-7-12)29-30-16(21(24,25)26)10-15(28-19(17)30)13-4-2-1-3-5-13/h1-9,15-16,28H,10-11H2,(H,27,31). The summed E-state index contributed by atoms with van der Waals surface area (Å²) < 4.78 is 55.4. The number of carbonyl (C=O) groups is 1. The highest BCUT2D eigenvalue weighted by Gasteiger charge is 2.47. The Morgan fingerprint density at radius 2 is 1.84 bits per heavy atom. The number of hydrogen-bond donors (Lipinski definition) is 2. The lowest BCUT2D eigenvalue weighted by Crippen LogP contribution is -2.35. The third kappa shape index (κ3) is 4.43. The second-order valence-corrected chi connectivity index (χ2v) is 7.96. The summed E-state index contributed by atoms with van der Waals surface area (Å²) in [4.78, 5) is 12.6. The summed E-state index contributed by atoms with van der Waals surface area (Å²) in [5, 5.41) is 9.64. The Hall–Kier alpha value is -2.88. The van der Waals surface area contributed by atoms with Crippen molar-refractivity contribution in [3.63, 3.8) is 0 Å². The molecule has 31 heavy (non-hydrogen) atoms. The number of hydrogen-bond acceptors (Lipinski definition) is 3. The minimum Gasteiger partial charge on any atom is -0.362 e. The van der Waals surface area contributed by atoms with E-state index in [4.69, 9.17) is 0 Å². The molecule has 162 valence electrons. The van der Waals surface area contributed by atoms with Crippen LogP contribution in [0.15, 0.2) is 59.1 Å². The van der Waals surface area contributed by atoms with Gasteiger partial charge in [-0.05, 0) is 39.2 Å². The van der Waals surface area contributed by atoms with Gasteiger partial charge in [0.15, 0.2) is 11.7 Å². The van der Waals surface area contributed by atoms with Crippen molar-refractivity contribution in [2.45, 2.75) is 31.2 Å². The number of alkyl halides is 3. The van der Waals surface area contributed by atoms with Gasteiger partial charge in [0.1, 0.15) is 11.6 Å². The maximum Gasteiger partial charge on any atom is 0.410 e. The zero-order valence-corrected chi connectivity index (χ0v) is 17.5. The van der Waals surface area contributed by atoms with E-state index in [-0.39, 0.29) is 29.0 Å². The van der Waals surface area contributed by atoms with E-state index in [0.717, 1.165) is 4.68 Å². The SMILES string of the molecule is O=C(NCc1ccc(F)cc1)c1nn2c(c1Br)NC(c1ccccc1)CC2C(F)(F)F. The van der Waals surface area contributed by atoms with Crippen molar-refractivity contribution in [3.8, 4) is 0 Å². The lowest BCUT2D eigenvalue weighted by molar-refractivity contribution is -0.173. The van der Waals surface area contributed by atoms with Gasteiger partial charge in [-0.3, -0.25) is 4.79 Å². The summed E-state index contributed by atoms with van der Waals surface area (Å²) in [7, 11) is 0. The second kappa shape index (κ2) is 8.33. The Kier molecular flexibility index (Phi) is 5.74. The number of nitrogens with one attached hydrogen (secondary N) is 2. The molecule has 0 fully saturated rings. The van der Waals surface area contributed by atoms with Crippen molar-refractivity contribution in [1.82, 2.24) is 15.1 Å². The number of rotatable bonds is 4. The molecule has 2 atom stereocenters. The number of benzene rings is 2. The molecule has 2 heterocycles. The van der Waals surface area contributed by atoms with E-state index >= 15 is 0 Å². The quantitative estimate of drug-likeness (QED) is 0.477. The maximum absolute atomic E-state index is 13.8. The predicted molar refractivity (Wildman–Crippen MR) is 110 cm³/mol. The number of nitrogens with zero attached hydrogens (tertiary/aromatic N) is 2. The Morgan fingerprint density at radius 1 is 1.16 bits per heavy atom. The molecular weight excluding hydrogens is 480 g/mol. The Labute approximate surface area is 183 Å². The van der Waals surface area contributed by atoms with Crippen LogP contribution in [-0.2, 0) is 6.54 Å². The molecule has 1 aromatic heterocycles. The van der Waals surface area contributed by atoms with E-state index in [1.54, 1.807) is 30.3 Å². The molecule has 0 aliphatic carbocycles. The maximum atomic E-state index is 13.8. The lowest BCUT2D eigenvalue weighted by Gasteiger charge is -2.33. The van der Waals surface area contributed by atoms with Crippen LogP contribution < -0.4 is 10.6 Å². The topological polar surface area (TPSA) is 59.0 Å². The minimum atomic E-state index is -4.54.